The average Bonchev–Trinajstić information content (AvgIpc) is 3.13. The molecule has 2 aromatic heterocycles. The lowest BCUT2D eigenvalue weighted by Crippen LogP contribution is -2.01. The van der Waals surface area contributed by atoms with Crippen LogP contribution in [-0.2, 0) is 26.3 Å². The van der Waals surface area contributed by atoms with Gasteiger partial charge in [0.25, 0.3) is 0 Å². The third-order valence-electron chi connectivity index (χ3n) is 4.41. The highest BCUT2D eigenvalue weighted by molar-refractivity contribution is 7.71. The molecule has 1 N–H and O–H groups in total. The highest BCUT2D eigenvalue weighted by atomic mass is 32.1. The van der Waals surface area contributed by atoms with Gasteiger partial charge in [0.05, 0.1) is 11.4 Å². The van der Waals surface area contributed by atoms with Crippen molar-refractivity contribution in [3.63, 3.8) is 0 Å². The molecule has 0 saturated heterocycles. The molecule has 0 amide bonds. The van der Waals surface area contributed by atoms with Gasteiger partial charge in [0.15, 0.2) is 10.4 Å². The van der Waals surface area contributed by atoms with Crippen molar-refractivity contribution in [3.8, 4) is 5.69 Å². The summed E-state index contributed by atoms with van der Waals surface area (Å²) in [4.78, 5) is 3.33. The summed E-state index contributed by atoms with van der Waals surface area (Å²) in [5.41, 5.74) is 7.26. The number of aryl methyl sites for hydroxylation is 4. The van der Waals surface area contributed by atoms with E-state index in [0.717, 1.165) is 33.7 Å². The minimum Gasteiger partial charge on any atom is -0.327 e. The summed E-state index contributed by atoms with van der Waals surface area (Å²) in [6.45, 7) is 2.12. The van der Waals surface area contributed by atoms with Crippen LogP contribution < -0.4 is 0 Å². The fraction of sp³-hybridized carbons (Fsp3) is 0.375. The number of H-pyrrole nitrogens is 1. The number of aromatic nitrogens is 4. The lowest BCUT2D eigenvalue weighted by Gasteiger charge is -2.07. The molecule has 0 saturated carbocycles. The fourth-order valence-electron chi connectivity index (χ4n) is 3.40. The Morgan fingerprint density at radius 2 is 2.10 bits per heavy atom. The van der Waals surface area contributed by atoms with E-state index in [4.69, 9.17) is 12.2 Å². The summed E-state index contributed by atoms with van der Waals surface area (Å²) in [7, 11) is 1.98. The van der Waals surface area contributed by atoms with Crippen LogP contribution in [0.2, 0.25) is 0 Å². The van der Waals surface area contributed by atoms with Crippen LogP contribution in [0.25, 0.3) is 16.9 Å². The minimum atomic E-state index is 0.741. The normalized spacial score (nSPS) is 14.0. The van der Waals surface area contributed by atoms with Crippen molar-refractivity contribution in [1.82, 2.24) is 19.3 Å². The molecule has 4 nitrogen and oxygen atoms in total. The summed E-state index contributed by atoms with van der Waals surface area (Å²) in [5, 5.41) is 4.59. The van der Waals surface area contributed by atoms with Gasteiger partial charge in [-0.2, -0.15) is 5.10 Å². The number of nitrogens with one attached hydrogen (secondary N) is 1. The Kier molecular flexibility index (Phi) is 2.79. The molecule has 0 atom stereocenters. The SMILES string of the molecule is CCc1nn(C)c2c1[nH]c(=S)n2-c1ccc2c(c1)CCC2. The van der Waals surface area contributed by atoms with Gasteiger partial charge in [0, 0.05) is 7.05 Å². The quantitative estimate of drug-likeness (QED) is 0.736. The summed E-state index contributed by atoms with van der Waals surface area (Å²) in [6.07, 6.45) is 4.54. The zero-order valence-electron chi connectivity index (χ0n) is 12.3. The molecule has 0 radical (unpaired) electrons. The van der Waals surface area contributed by atoms with Crippen LogP contribution in [0.4, 0.5) is 0 Å². The molecular weight excluding hydrogens is 280 g/mol. The maximum absolute atomic E-state index is 5.55. The van der Waals surface area contributed by atoms with E-state index >= 15 is 0 Å². The molecule has 21 heavy (non-hydrogen) atoms. The lowest BCUT2D eigenvalue weighted by molar-refractivity contribution is 0.748. The van der Waals surface area contributed by atoms with Gasteiger partial charge in [-0.25, -0.2) is 4.68 Å². The molecule has 5 heteroatoms. The largest absolute Gasteiger partial charge is 0.327 e. The predicted molar refractivity (Wildman–Crippen MR) is 86.6 cm³/mol. The molecule has 1 aliphatic carbocycles. The summed E-state index contributed by atoms with van der Waals surface area (Å²) < 4.78 is 4.77. The molecule has 0 bridgehead atoms. The second-order valence-corrected chi connectivity index (χ2v) is 6.08. The molecule has 0 fully saturated rings. The van der Waals surface area contributed by atoms with Gasteiger partial charge in [0.2, 0.25) is 0 Å². The number of fused-ring (bicyclic) bond motifs is 2. The van der Waals surface area contributed by atoms with Gasteiger partial charge >= 0.3 is 0 Å². The zero-order chi connectivity index (χ0) is 14.6. The summed E-state index contributed by atoms with van der Waals surface area (Å²) >= 11 is 5.55. The third-order valence-corrected chi connectivity index (χ3v) is 4.70. The van der Waals surface area contributed by atoms with Crippen LogP contribution in [0, 0.1) is 4.77 Å². The van der Waals surface area contributed by atoms with Crippen LogP contribution in [0.15, 0.2) is 18.2 Å². The number of nitrogens with zero attached hydrogens (tertiary/aromatic N) is 3. The van der Waals surface area contributed by atoms with Crippen molar-refractivity contribution in [2.75, 3.05) is 0 Å². The average molecular weight is 298 g/mol. The first-order valence-electron chi connectivity index (χ1n) is 7.48. The number of rotatable bonds is 2. The molecule has 108 valence electrons. The summed E-state index contributed by atoms with van der Waals surface area (Å²) in [6, 6.07) is 6.70. The fourth-order valence-corrected chi connectivity index (χ4v) is 3.69. The van der Waals surface area contributed by atoms with Gasteiger partial charge in [-0.05, 0) is 61.2 Å². The number of imidazole rings is 1. The maximum atomic E-state index is 5.55. The third kappa shape index (κ3) is 1.80. The van der Waals surface area contributed by atoms with E-state index in [0.29, 0.717) is 0 Å². The smallest absolute Gasteiger partial charge is 0.184 e. The van der Waals surface area contributed by atoms with E-state index in [1.807, 2.05) is 11.7 Å². The Morgan fingerprint density at radius 1 is 1.29 bits per heavy atom. The van der Waals surface area contributed by atoms with E-state index < -0.39 is 0 Å². The van der Waals surface area contributed by atoms with E-state index in [-0.39, 0.29) is 0 Å². The molecule has 1 aromatic carbocycles. The van der Waals surface area contributed by atoms with Crippen LogP contribution in [0.5, 0.6) is 0 Å². The van der Waals surface area contributed by atoms with Crippen molar-refractivity contribution in [2.45, 2.75) is 32.6 Å². The van der Waals surface area contributed by atoms with Crippen molar-refractivity contribution in [2.24, 2.45) is 7.05 Å². The number of aromatic amines is 1. The van der Waals surface area contributed by atoms with Crippen LogP contribution in [0.3, 0.4) is 0 Å². The Labute approximate surface area is 128 Å². The van der Waals surface area contributed by atoms with Gasteiger partial charge in [0.1, 0.15) is 5.52 Å². The van der Waals surface area contributed by atoms with E-state index in [9.17, 15) is 0 Å². The van der Waals surface area contributed by atoms with Gasteiger partial charge in [-0.3, -0.25) is 4.57 Å². The standard InChI is InChI=1S/C16H18N4S/c1-3-13-14-15(19(2)18-13)20(16(21)17-14)12-8-7-10-5-4-6-11(10)9-12/h7-9H,3-6H2,1-2H3,(H,17,21). The first kappa shape index (κ1) is 12.8. The Hall–Kier alpha value is -1.88. The van der Waals surface area contributed by atoms with Crippen molar-refractivity contribution < 1.29 is 0 Å². The molecule has 2 heterocycles. The Bertz CT molecular complexity index is 897. The van der Waals surface area contributed by atoms with Crippen molar-refractivity contribution in [1.29, 1.82) is 0 Å². The summed E-state index contributed by atoms with van der Waals surface area (Å²) in [5.74, 6) is 0. The molecule has 4 rings (SSSR count). The number of hydrogen-bond donors (Lipinski definition) is 1. The van der Waals surface area contributed by atoms with Crippen LogP contribution >= 0.6 is 12.2 Å². The lowest BCUT2D eigenvalue weighted by atomic mass is 10.1. The highest BCUT2D eigenvalue weighted by Crippen LogP contribution is 2.27. The molecule has 0 aliphatic heterocycles. The van der Waals surface area contributed by atoms with E-state index in [2.05, 4.69) is 39.8 Å². The van der Waals surface area contributed by atoms with Gasteiger partial charge < -0.3 is 4.98 Å². The second-order valence-electron chi connectivity index (χ2n) is 5.69. The number of hydrogen-bond acceptors (Lipinski definition) is 2. The second kappa shape index (κ2) is 4.56. The Morgan fingerprint density at radius 3 is 2.90 bits per heavy atom. The zero-order valence-corrected chi connectivity index (χ0v) is 13.1. The molecular formula is C16H18N4S. The van der Waals surface area contributed by atoms with Gasteiger partial charge in [-0.15, -0.1) is 0 Å². The topological polar surface area (TPSA) is 38.5 Å². The Balaban J connectivity index is 2.00. The van der Waals surface area contributed by atoms with Crippen molar-refractivity contribution >= 4 is 23.4 Å². The minimum absolute atomic E-state index is 0.741. The predicted octanol–water partition coefficient (Wildman–Crippen LogP) is 3.47. The molecule has 1 aliphatic rings. The number of benzene rings is 1. The van der Waals surface area contributed by atoms with Crippen molar-refractivity contribution in [3.05, 3.63) is 39.8 Å². The van der Waals surface area contributed by atoms with E-state index in [1.54, 1.807) is 0 Å². The van der Waals surface area contributed by atoms with Gasteiger partial charge in [-0.1, -0.05) is 13.0 Å². The van der Waals surface area contributed by atoms with Crippen LogP contribution in [0.1, 0.15) is 30.2 Å². The first-order valence-corrected chi connectivity index (χ1v) is 7.88. The molecule has 0 unspecified atom stereocenters. The monoisotopic (exact) mass is 298 g/mol. The maximum Gasteiger partial charge on any atom is 0.184 e. The van der Waals surface area contributed by atoms with Crippen LogP contribution in [-0.4, -0.2) is 19.3 Å². The first-order chi connectivity index (χ1) is 10.2. The molecule has 0 spiro atoms. The molecule has 3 aromatic rings. The van der Waals surface area contributed by atoms with E-state index in [1.165, 1.54) is 30.4 Å². The highest BCUT2D eigenvalue weighted by Gasteiger charge is 2.17.